The van der Waals surface area contributed by atoms with E-state index in [2.05, 4.69) is 43.4 Å². The van der Waals surface area contributed by atoms with Gasteiger partial charge in [-0.2, -0.15) is 11.8 Å². The number of thioether (sulfide) groups is 1. The zero-order valence-corrected chi connectivity index (χ0v) is 12.1. The Morgan fingerprint density at radius 2 is 2.06 bits per heavy atom. The molecule has 0 saturated heterocycles. The lowest BCUT2D eigenvalue weighted by atomic mass is 10.2. The lowest BCUT2D eigenvalue weighted by Crippen LogP contribution is -2.32. The molecule has 18 heavy (non-hydrogen) atoms. The summed E-state index contributed by atoms with van der Waals surface area (Å²) >= 11 is 1.81. The van der Waals surface area contributed by atoms with Crippen molar-refractivity contribution in [2.24, 2.45) is 0 Å². The van der Waals surface area contributed by atoms with Gasteiger partial charge in [0.25, 0.3) is 0 Å². The fourth-order valence-electron chi connectivity index (χ4n) is 1.78. The molecule has 0 radical (unpaired) electrons. The molecular weight excluding hydrogens is 242 g/mol. The minimum atomic E-state index is 0.177. The molecule has 1 amide bonds. The Balaban J connectivity index is 2.09. The quantitative estimate of drug-likeness (QED) is 0.727. The second-order valence-electron chi connectivity index (χ2n) is 4.55. The molecule has 0 aliphatic carbocycles. The van der Waals surface area contributed by atoms with Gasteiger partial charge in [0.05, 0.1) is 0 Å². The highest BCUT2D eigenvalue weighted by atomic mass is 32.2. The third-order valence-corrected chi connectivity index (χ3v) is 3.74. The first kappa shape index (κ1) is 15.1. The Morgan fingerprint density at radius 3 is 2.72 bits per heavy atom. The van der Waals surface area contributed by atoms with Gasteiger partial charge in [-0.25, -0.2) is 0 Å². The molecule has 0 aromatic heterocycles. The third kappa shape index (κ3) is 6.70. The molecule has 1 N–H and O–H groups in total. The molecule has 1 aromatic carbocycles. The summed E-state index contributed by atoms with van der Waals surface area (Å²) in [5.74, 6) is 2.05. The van der Waals surface area contributed by atoms with E-state index >= 15 is 0 Å². The van der Waals surface area contributed by atoms with Gasteiger partial charge in [-0.1, -0.05) is 43.7 Å². The van der Waals surface area contributed by atoms with Crippen LogP contribution in [0.15, 0.2) is 30.3 Å². The van der Waals surface area contributed by atoms with E-state index in [4.69, 9.17) is 0 Å². The molecule has 1 atom stereocenters. The van der Waals surface area contributed by atoms with Crippen molar-refractivity contribution in [1.29, 1.82) is 0 Å². The molecule has 0 aliphatic rings. The Kier molecular flexibility index (Phi) is 7.58. The predicted molar refractivity (Wildman–Crippen MR) is 79.7 cm³/mol. The number of carbonyl (C=O) groups is 1. The summed E-state index contributed by atoms with van der Waals surface area (Å²) in [6, 6.07) is 10.7. The number of hydrogen-bond donors (Lipinski definition) is 1. The first-order valence-electron chi connectivity index (χ1n) is 6.63. The van der Waals surface area contributed by atoms with Crippen LogP contribution >= 0.6 is 11.8 Å². The van der Waals surface area contributed by atoms with Gasteiger partial charge in [-0.05, 0) is 18.9 Å². The first-order chi connectivity index (χ1) is 8.72. The predicted octanol–water partition coefficient (Wildman–Crippen LogP) is 3.61. The topological polar surface area (TPSA) is 29.1 Å². The number of amides is 1. The molecule has 0 heterocycles. The van der Waals surface area contributed by atoms with E-state index in [-0.39, 0.29) is 5.91 Å². The molecule has 0 aliphatic heterocycles. The van der Waals surface area contributed by atoms with Crippen LogP contribution in [0.1, 0.15) is 38.7 Å². The third-order valence-electron chi connectivity index (χ3n) is 2.71. The fourth-order valence-corrected chi connectivity index (χ4v) is 2.68. The Bertz CT molecular complexity index is 340. The molecule has 0 saturated carbocycles. The van der Waals surface area contributed by atoms with Crippen LogP contribution in [0, 0.1) is 0 Å². The van der Waals surface area contributed by atoms with Gasteiger partial charge in [0, 0.05) is 24.0 Å². The van der Waals surface area contributed by atoms with Gasteiger partial charge in [0.2, 0.25) is 5.91 Å². The molecule has 1 aromatic rings. The van der Waals surface area contributed by atoms with Gasteiger partial charge in [-0.3, -0.25) is 4.79 Å². The van der Waals surface area contributed by atoms with Gasteiger partial charge in [0.15, 0.2) is 0 Å². The van der Waals surface area contributed by atoms with Crippen molar-refractivity contribution >= 4 is 17.7 Å². The van der Waals surface area contributed by atoms with Crippen LogP contribution in [0.25, 0.3) is 0 Å². The lowest BCUT2D eigenvalue weighted by Gasteiger charge is -2.12. The van der Waals surface area contributed by atoms with Crippen molar-refractivity contribution in [3.05, 3.63) is 35.9 Å². The largest absolute Gasteiger partial charge is 0.354 e. The summed E-state index contributed by atoms with van der Waals surface area (Å²) in [6.07, 6.45) is 2.79. The normalized spacial score (nSPS) is 12.1. The summed E-state index contributed by atoms with van der Waals surface area (Å²) in [5.41, 5.74) is 1.32. The first-order valence-corrected chi connectivity index (χ1v) is 7.79. The van der Waals surface area contributed by atoms with Gasteiger partial charge >= 0.3 is 0 Å². The molecule has 3 heteroatoms. The van der Waals surface area contributed by atoms with E-state index in [1.165, 1.54) is 5.56 Å². The van der Waals surface area contributed by atoms with Crippen LogP contribution < -0.4 is 5.32 Å². The number of nitrogens with one attached hydrogen (secondary N) is 1. The minimum absolute atomic E-state index is 0.177. The van der Waals surface area contributed by atoms with Crippen LogP contribution in [-0.4, -0.2) is 17.7 Å². The van der Waals surface area contributed by atoms with Crippen LogP contribution in [0.4, 0.5) is 0 Å². The maximum atomic E-state index is 11.6. The molecule has 0 unspecified atom stereocenters. The van der Waals surface area contributed by atoms with E-state index in [0.29, 0.717) is 12.5 Å². The monoisotopic (exact) mass is 265 g/mol. The highest BCUT2D eigenvalue weighted by Gasteiger charge is 2.05. The maximum absolute atomic E-state index is 11.6. The summed E-state index contributed by atoms with van der Waals surface area (Å²) < 4.78 is 0. The van der Waals surface area contributed by atoms with E-state index in [9.17, 15) is 4.79 Å². The van der Waals surface area contributed by atoms with Crippen molar-refractivity contribution in [3.8, 4) is 0 Å². The highest BCUT2D eigenvalue weighted by Crippen LogP contribution is 2.12. The zero-order valence-electron chi connectivity index (χ0n) is 11.3. The lowest BCUT2D eigenvalue weighted by molar-refractivity contribution is -0.121. The summed E-state index contributed by atoms with van der Waals surface area (Å²) in [4.78, 5) is 11.6. The second kappa shape index (κ2) is 9.03. The molecular formula is C15H23NOS. The van der Waals surface area contributed by atoms with Crippen LogP contribution in [0.3, 0.4) is 0 Å². The molecule has 0 bridgehead atoms. The Hall–Kier alpha value is -0.960. The number of benzene rings is 1. The van der Waals surface area contributed by atoms with E-state index < -0.39 is 0 Å². The van der Waals surface area contributed by atoms with E-state index in [0.717, 1.165) is 24.3 Å². The fraction of sp³-hybridized carbons (Fsp3) is 0.533. The van der Waals surface area contributed by atoms with Crippen LogP contribution in [0.2, 0.25) is 0 Å². The van der Waals surface area contributed by atoms with E-state index in [1.807, 2.05) is 17.8 Å². The van der Waals surface area contributed by atoms with Crippen molar-refractivity contribution in [2.45, 2.75) is 44.9 Å². The molecule has 100 valence electrons. The van der Waals surface area contributed by atoms with Gasteiger partial charge < -0.3 is 5.32 Å². The SMILES string of the molecule is CCC[C@H](C)NC(=O)CCSCc1ccccc1. The van der Waals surface area contributed by atoms with E-state index in [1.54, 1.807) is 0 Å². The van der Waals surface area contributed by atoms with Crippen LogP contribution in [0.5, 0.6) is 0 Å². The number of hydrogen-bond acceptors (Lipinski definition) is 2. The van der Waals surface area contributed by atoms with Crippen LogP contribution in [-0.2, 0) is 10.5 Å². The van der Waals surface area contributed by atoms with Crippen molar-refractivity contribution in [3.63, 3.8) is 0 Å². The zero-order chi connectivity index (χ0) is 13.2. The summed E-state index contributed by atoms with van der Waals surface area (Å²) in [6.45, 7) is 4.21. The molecule has 0 spiro atoms. The maximum Gasteiger partial charge on any atom is 0.221 e. The number of carbonyl (C=O) groups excluding carboxylic acids is 1. The standard InChI is InChI=1S/C15H23NOS/c1-3-7-13(2)16-15(17)10-11-18-12-14-8-5-4-6-9-14/h4-6,8-9,13H,3,7,10-12H2,1-2H3,(H,16,17)/t13-/m0/s1. The Labute approximate surface area is 115 Å². The average molecular weight is 265 g/mol. The molecule has 1 rings (SSSR count). The second-order valence-corrected chi connectivity index (χ2v) is 5.65. The van der Waals surface area contributed by atoms with Crippen molar-refractivity contribution < 1.29 is 4.79 Å². The Morgan fingerprint density at radius 1 is 1.33 bits per heavy atom. The minimum Gasteiger partial charge on any atom is -0.354 e. The van der Waals surface area contributed by atoms with Gasteiger partial charge in [0.1, 0.15) is 0 Å². The summed E-state index contributed by atoms with van der Waals surface area (Å²) in [7, 11) is 0. The molecule has 2 nitrogen and oxygen atoms in total. The van der Waals surface area contributed by atoms with Gasteiger partial charge in [-0.15, -0.1) is 0 Å². The van der Waals surface area contributed by atoms with Crippen molar-refractivity contribution in [2.75, 3.05) is 5.75 Å². The highest BCUT2D eigenvalue weighted by molar-refractivity contribution is 7.98. The summed E-state index contributed by atoms with van der Waals surface area (Å²) in [5, 5.41) is 3.03. The van der Waals surface area contributed by atoms with Crippen molar-refractivity contribution in [1.82, 2.24) is 5.32 Å². The number of rotatable bonds is 8. The smallest absolute Gasteiger partial charge is 0.221 e. The molecule has 0 fully saturated rings. The average Bonchev–Trinajstić information content (AvgIpc) is 2.36.